The average Bonchev–Trinajstić information content (AvgIpc) is 2.81. The summed E-state index contributed by atoms with van der Waals surface area (Å²) in [6.07, 6.45) is 0. The van der Waals surface area contributed by atoms with Crippen LogP contribution in [0.1, 0.15) is 24.2 Å². The van der Waals surface area contributed by atoms with Gasteiger partial charge in [0.2, 0.25) is 11.7 Å². The standard InChI is InChI=1S/C13H17N3O2/c1-3-14-8-11-6-4-5-7-12(11)17-9-13-15-10(2)18-16-13/h4-7,14H,3,8-9H2,1-2H3. The second-order valence-corrected chi connectivity index (χ2v) is 3.91. The van der Waals surface area contributed by atoms with Crippen LogP contribution in [0.2, 0.25) is 0 Å². The predicted octanol–water partition coefficient (Wildman–Crippen LogP) is 2.07. The van der Waals surface area contributed by atoms with Crippen LogP contribution in [0.3, 0.4) is 0 Å². The summed E-state index contributed by atoms with van der Waals surface area (Å²) in [5.74, 6) is 1.96. The molecule has 1 aromatic heterocycles. The first-order valence-electron chi connectivity index (χ1n) is 6.00. The Hall–Kier alpha value is -1.88. The first kappa shape index (κ1) is 12.6. The topological polar surface area (TPSA) is 60.2 Å². The van der Waals surface area contributed by atoms with Gasteiger partial charge in [-0.15, -0.1) is 0 Å². The first-order chi connectivity index (χ1) is 8.79. The molecule has 0 amide bonds. The number of ether oxygens (including phenoxy) is 1. The van der Waals surface area contributed by atoms with Crippen LogP contribution in [-0.2, 0) is 13.2 Å². The van der Waals surface area contributed by atoms with Crippen molar-refractivity contribution in [1.29, 1.82) is 0 Å². The number of para-hydroxylation sites is 1. The van der Waals surface area contributed by atoms with Crippen molar-refractivity contribution in [3.8, 4) is 5.75 Å². The molecule has 5 nitrogen and oxygen atoms in total. The fourth-order valence-electron chi connectivity index (χ4n) is 1.59. The van der Waals surface area contributed by atoms with Crippen molar-refractivity contribution in [1.82, 2.24) is 15.5 Å². The Morgan fingerprint density at radius 3 is 2.89 bits per heavy atom. The largest absolute Gasteiger partial charge is 0.485 e. The van der Waals surface area contributed by atoms with Crippen molar-refractivity contribution in [2.75, 3.05) is 6.54 Å². The van der Waals surface area contributed by atoms with Crippen LogP contribution in [0.25, 0.3) is 0 Å². The van der Waals surface area contributed by atoms with Crippen LogP contribution in [0.5, 0.6) is 5.75 Å². The molecule has 2 rings (SSSR count). The van der Waals surface area contributed by atoms with E-state index in [0.717, 1.165) is 24.4 Å². The van der Waals surface area contributed by atoms with Gasteiger partial charge in [-0.1, -0.05) is 30.3 Å². The van der Waals surface area contributed by atoms with Gasteiger partial charge in [-0.05, 0) is 12.6 Å². The van der Waals surface area contributed by atoms with E-state index >= 15 is 0 Å². The molecule has 0 aliphatic rings. The second-order valence-electron chi connectivity index (χ2n) is 3.91. The molecule has 0 aliphatic carbocycles. The molecule has 1 N–H and O–H groups in total. The van der Waals surface area contributed by atoms with E-state index in [0.29, 0.717) is 18.3 Å². The van der Waals surface area contributed by atoms with Crippen LogP contribution < -0.4 is 10.1 Å². The fraction of sp³-hybridized carbons (Fsp3) is 0.385. The number of aryl methyl sites for hydroxylation is 1. The van der Waals surface area contributed by atoms with Crippen molar-refractivity contribution in [2.45, 2.75) is 27.0 Å². The Kier molecular flexibility index (Phi) is 4.30. The van der Waals surface area contributed by atoms with Crippen molar-refractivity contribution in [3.05, 3.63) is 41.5 Å². The molecule has 0 unspecified atom stereocenters. The molecule has 2 aromatic rings. The van der Waals surface area contributed by atoms with Gasteiger partial charge in [0.1, 0.15) is 5.75 Å². The molecule has 0 saturated carbocycles. The Bertz CT molecular complexity index is 496. The molecule has 0 atom stereocenters. The molecular formula is C13H17N3O2. The number of hydrogen-bond acceptors (Lipinski definition) is 5. The lowest BCUT2D eigenvalue weighted by Gasteiger charge is -2.10. The monoisotopic (exact) mass is 247 g/mol. The predicted molar refractivity (Wildman–Crippen MR) is 67.2 cm³/mol. The lowest BCUT2D eigenvalue weighted by molar-refractivity contribution is 0.282. The smallest absolute Gasteiger partial charge is 0.223 e. The SMILES string of the molecule is CCNCc1ccccc1OCc1noc(C)n1. The highest BCUT2D eigenvalue weighted by Crippen LogP contribution is 2.18. The zero-order valence-electron chi connectivity index (χ0n) is 10.6. The molecule has 0 aliphatic heterocycles. The first-order valence-corrected chi connectivity index (χ1v) is 6.00. The Morgan fingerprint density at radius 1 is 1.33 bits per heavy atom. The van der Waals surface area contributed by atoms with Crippen LogP contribution >= 0.6 is 0 Å². The normalized spacial score (nSPS) is 10.6. The zero-order chi connectivity index (χ0) is 12.8. The van der Waals surface area contributed by atoms with E-state index in [-0.39, 0.29) is 0 Å². The fourth-order valence-corrected chi connectivity index (χ4v) is 1.59. The third kappa shape index (κ3) is 3.30. The summed E-state index contributed by atoms with van der Waals surface area (Å²) >= 11 is 0. The molecule has 0 bridgehead atoms. The van der Waals surface area contributed by atoms with Crippen LogP contribution in [0, 0.1) is 6.92 Å². The van der Waals surface area contributed by atoms with Gasteiger partial charge in [-0.3, -0.25) is 0 Å². The van der Waals surface area contributed by atoms with Gasteiger partial charge >= 0.3 is 0 Å². The van der Waals surface area contributed by atoms with Gasteiger partial charge in [0.15, 0.2) is 6.61 Å². The number of hydrogen-bond donors (Lipinski definition) is 1. The van der Waals surface area contributed by atoms with E-state index in [1.54, 1.807) is 6.92 Å². The minimum atomic E-state index is 0.320. The Labute approximate surface area is 106 Å². The molecule has 0 spiro atoms. The molecule has 0 radical (unpaired) electrons. The summed E-state index contributed by atoms with van der Waals surface area (Å²) in [5.41, 5.74) is 1.12. The molecule has 1 aromatic carbocycles. The van der Waals surface area contributed by atoms with E-state index in [9.17, 15) is 0 Å². The second kappa shape index (κ2) is 6.16. The number of benzene rings is 1. The van der Waals surface area contributed by atoms with E-state index in [4.69, 9.17) is 9.26 Å². The van der Waals surface area contributed by atoms with Gasteiger partial charge < -0.3 is 14.6 Å². The average molecular weight is 247 g/mol. The maximum absolute atomic E-state index is 5.71. The molecule has 5 heteroatoms. The lowest BCUT2D eigenvalue weighted by atomic mass is 10.2. The molecule has 0 fully saturated rings. The summed E-state index contributed by atoms with van der Waals surface area (Å²) < 4.78 is 10.6. The van der Waals surface area contributed by atoms with Gasteiger partial charge in [0, 0.05) is 19.0 Å². The molecule has 1 heterocycles. The molecular weight excluding hydrogens is 230 g/mol. The minimum absolute atomic E-state index is 0.320. The molecule has 0 saturated heterocycles. The summed E-state index contributed by atoms with van der Waals surface area (Å²) in [7, 11) is 0. The highest BCUT2D eigenvalue weighted by molar-refractivity contribution is 5.33. The van der Waals surface area contributed by atoms with Crippen LogP contribution in [0.4, 0.5) is 0 Å². The van der Waals surface area contributed by atoms with Gasteiger partial charge in [-0.25, -0.2) is 0 Å². The quantitative estimate of drug-likeness (QED) is 0.846. The third-order valence-corrected chi connectivity index (χ3v) is 2.46. The Balaban J connectivity index is 1.99. The Morgan fingerprint density at radius 2 is 2.17 bits per heavy atom. The number of nitrogens with one attached hydrogen (secondary N) is 1. The van der Waals surface area contributed by atoms with Gasteiger partial charge in [0.05, 0.1) is 0 Å². The van der Waals surface area contributed by atoms with E-state index in [1.165, 1.54) is 0 Å². The number of nitrogens with zero attached hydrogens (tertiary/aromatic N) is 2. The van der Waals surface area contributed by atoms with Crippen molar-refractivity contribution in [3.63, 3.8) is 0 Å². The minimum Gasteiger partial charge on any atom is -0.485 e. The maximum atomic E-state index is 5.71. The molecule has 18 heavy (non-hydrogen) atoms. The van der Waals surface area contributed by atoms with E-state index in [2.05, 4.69) is 22.4 Å². The summed E-state index contributed by atoms with van der Waals surface area (Å²) in [4.78, 5) is 4.10. The maximum Gasteiger partial charge on any atom is 0.223 e. The highest BCUT2D eigenvalue weighted by Gasteiger charge is 2.06. The number of aromatic nitrogens is 2. The molecule has 96 valence electrons. The summed E-state index contributed by atoms with van der Waals surface area (Å²) in [5, 5.41) is 7.07. The number of rotatable bonds is 6. The highest BCUT2D eigenvalue weighted by atomic mass is 16.5. The van der Waals surface area contributed by atoms with E-state index in [1.807, 2.05) is 24.3 Å². The van der Waals surface area contributed by atoms with Crippen molar-refractivity contribution in [2.24, 2.45) is 0 Å². The van der Waals surface area contributed by atoms with Gasteiger partial charge in [0.25, 0.3) is 0 Å². The van der Waals surface area contributed by atoms with Gasteiger partial charge in [-0.2, -0.15) is 4.98 Å². The van der Waals surface area contributed by atoms with Crippen LogP contribution in [0.15, 0.2) is 28.8 Å². The zero-order valence-corrected chi connectivity index (χ0v) is 10.6. The lowest BCUT2D eigenvalue weighted by Crippen LogP contribution is -2.12. The van der Waals surface area contributed by atoms with Crippen LogP contribution in [-0.4, -0.2) is 16.7 Å². The van der Waals surface area contributed by atoms with Crippen molar-refractivity contribution >= 4 is 0 Å². The van der Waals surface area contributed by atoms with Crippen molar-refractivity contribution < 1.29 is 9.26 Å². The third-order valence-electron chi connectivity index (χ3n) is 2.46. The van der Waals surface area contributed by atoms with E-state index < -0.39 is 0 Å². The summed E-state index contributed by atoms with van der Waals surface area (Å²) in [6.45, 7) is 5.87. The summed E-state index contributed by atoms with van der Waals surface area (Å²) in [6, 6.07) is 7.93.